The lowest BCUT2D eigenvalue weighted by molar-refractivity contribution is -0.133. The zero-order valence-electron chi connectivity index (χ0n) is 16.3. The van der Waals surface area contributed by atoms with Gasteiger partial charge in [0.2, 0.25) is 11.8 Å². The van der Waals surface area contributed by atoms with Crippen molar-refractivity contribution in [1.82, 2.24) is 20.0 Å². The van der Waals surface area contributed by atoms with Crippen molar-refractivity contribution in [3.05, 3.63) is 59.6 Å². The van der Waals surface area contributed by atoms with Gasteiger partial charge in [-0.3, -0.25) is 9.69 Å². The summed E-state index contributed by atoms with van der Waals surface area (Å²) in [5.74, 6) is 1.44. The number of aromatic nitrogens is 2. The predicted octanol–water partition coefficient (Wildman–Crippen LogP) is 3.05. The third kappa shape index (κ3) is 4.71. The minimum atomic E-state index is -0.225. The van der Waals surface area contributed by atoms with Gasteiger partial charge in [0.05, 0.1) is 11.8 Å². The van der Waals surface area contributed by atoms with Gasteiger partial charge >= 0.3 is 0 Å². The molecule has 1 saturated heterocycles. The number of furan rings is 1. The lowest BCUT2D eigenvalue weighted by Crippen LogP contribution is -2.48. The van der Waals surface area contributed by atoms with Crippen molar-refractivity contribution in [3.8, 4) is 11.5 Å². The minimum Gasteiger partial charge on any atom is -0.469 e. The molecule has 4 rings (SSSR count). The molecule has 0 aliphatic carbocycles. The molecule has 1 fully saturated rings. The Bertz CT molecular complexity index is 958. The van der Waals surface area contributed by atoms with Crippen LogP contribution in [-0.2, 0) is 17.8 Å². The lowest BCUT2D eigenvalue weighted by atomic mass is 10.2. The SMILES string of the molecule is Cc1occc1-c1nnc(CCC(=O)N2CCN(Cc3ccc(F)cc3)CC2)o1. The van der Waals surface area contributed by atoms with Crippen molar-refractivity contribution in [3.63, 3.8) is 0 Å². The van der Waals surface area contributed by atoms with Crippen LogP contribution >= 0.6 is 0 Å². The first kappa shape index (κ1) is 19.3. The number of rotatable bonds is 6. The lowest BCUT2D eigenvalue weighted by Gasteiger charge is -2.34. The van der Waals surface area contributed by atoms with Crippen molar-refractivity contribution >= 4 is 5.91 Å². The van der Waals surface area contributed by atoms with E-state index < -0.39 is 0 Å². The fourth-order valence-electron chi connectivity index (χ4n) is 3.45. The van der Waals surface area contributed by atoms with Crippen LogP contribution in [0.4, 0.5) is 4.39 Å². The Balaban J connectivity index is 1.23. The number of aryl methyl sites for hydroxylation is 2. The molecule has 0 atom stereocenters. The Morgan fingerprint density at radius 2 is 1.86 bits per heavy atom. The molecule has 0 bridgehead atoms. The fraction of sp³-hybridized carbons (Fsp3) is 0.381. The van der Waals surface area contributed by atoms with E-state index in [-0.39, 0.29) is 11.7 Å². The summed E-state index contributed by atoms with van der Waals surface area (Å²) < 4.78 is 23.9. The molecule has 29 heavy (non-hydrogen) atoms. The summed E-state index contributed by atoms with van der Waals surface area (Å²) in [6, 6.07) is 8.34. The van der Waals surface area contributed by atoms with Gasteiger partial charge in [-0.15, -0.1) is 10.2 Å². The van der Waals surface area contributed by atoms with E-state index in [0.717, 1.165) is 36.5 Å². The summed E-state index contributed by atoms with van der Waals surface area (Å²) in [7, 11) is 0. The van der Waals surface area contributed by atoms with Gasteiger partial charge in [0.25, 0.3) is 5.89 Å². The highest BCUT2D eigenvalue weighted by atomic mass is 19.1. The Morgan fingerprint density at radius 3 is 2.55 bits per heavy atom. The van der Waals surface area contributed by atoms with Gasteiger partial charge in [-0.2, -0.15) is 0 Å². The standard InChI is InChI=1S/C21H23FN4O3/c1-15-18(8-13-28-15)21-24-23-19(29-21)6-7-20(27)26-11-9-25(10-12-26)14-16-2-4-17(22)5-3-16/h2-5,8,13H,6-7,9-12,14H2,1H3. The summed E-state index contributed by atoms with van der Waals surface area (Å²) >= 11 is 0. The van der Waals surface area contributed by atoms with E-state index in [2.05, 4.69) is 15.1 Å². The van der Waals surface area contributed by atoms with Crippen LogP contribution in [0.25, 0.3) is 11.5 Å². The first-order valence-electron chi connectivity index (χ1n) is 9.70. The molecule has 0 spiro atoms. The summed E-state index contributed by atoms with van der Waals surface area (Å²) in [6.45, 7) is 5.56. The number of amides is 1. The van der Waals surface area contributed by atoms with E-state index in [1.807, 2.05) is 11.8 Å². The van der Waals surface area contributed by atoms with Gasteiger partial charge < -0.3 is 13.7 Å². The number of benzene rings is 1. The molecule has 7 nitrogen and oxygen atoms in total. The van der Waals surface area contributed by atoms with Gasteiger partial charge in [0.15, 0.2) is 0 Å². The number of piperazine rings is 1. The Hall–Kier alpha value is -3.00. The first-order chi connectivity index (χ1) is 14.1. The van der Waals surface area contributed by atoms with Crippen LogP contribution in [0.2, 0.25) is 0 Å². The number of carbonyl (C=O) groups excluding carboxylic acids is 1. The second kappa shape index (κ2) is 8.57. The second-order valence-corrected chi connectivity index (χ2v) is 7.17. The highest BCUT2D eigenvalue weighted by molar-refractivity contribution is 5.76. The number of nitrogens with zero attached hydrogens (tertiary/aromatic N) is 4. The van der Waals surface area contributed by atoms with Crippen LogP contribution in [0.3, 0.4) is 0 Å². The normalized spacial score (nSPS) is 15.0. The molecule has 152 valence electrons. The van der Waals surface area contributed by atoms with Crippen LogP contribution in [0.5, 0.6) is 0 Å². The quantitative estimate of drug-likeness (QED) is 0.635. The van der Waals surface area contributed by atoms with Crippen LogP contribution in [-0.4, -0.2) is 52.1 Å². The molecule has 0 N–H and O–H groups in total. The molecular formula is C21H23FN4O3. The smallest absolute Gasteiger partial charge is 0.251 e. The maximum atomic E-state index is 13.0. The van der Waals surface area contributed by atoms with E-state index in [4.69, 9.17) is 8.83 Å². The van der Waals surface area contributed by atoms with Crippen LogP contribution < -0.4 is 0 Å². The topological polar surface area (TPSA) is 75.6 Å². The van der Waals surface area contributed by atoms with E-state index in [1.165, 1.54) is 12.1 Å². The summed E-state index contributed by atoms with van der Waals surface area (Å²) in [4.78, 5) is 16.7. The molecular weight excluding hydrogens is 375 g/mol. The molecule has 0 unspecified atom stereocenters. The van der Waals surface area contributed by atoms with Crippen molar-refractivity contribution < 1.29 is 18.0 Å². The summed E-state index contributed by atoms with van der Waals surface area (Å²) in [6.07, 6.45) is 2.33. The van der Waals surface area contributed by atoms with Gasteiger partial charge in [0, 0.05) is 45.6 Å². The zero-order valence-corrected chi connectivity index (χ0v) is 16.3. The molecule has 1 amide bonds. The van der Waals surface area contributed by atoms with Gasteiger partial charge in [0.1, 0.15) is 11.6 Å². The number of hydrogen-bond acceptors (Lipinski definition) is 6. The molecule has 0 saturated carbocycles. The largest absolute Gasteiger partial charge is 0.469 e. The van der Waals surface area contributed by atoms with Crippen LogP contribution in [0.1, 0.15) is 23.6 Å². The molecule has 1 aliphatic rings. The molecule has 3 aromatic rings. The molecule has 1 aliphatic heterocycles. The second-order valence-electron chi connectivity index (χ2n) is 7.17. The maximum Gasteiger partial charge on any atom is 0.251 e. The number of halogens is 1. The first-order valence-corrected chi connectivity index (χ1v) is 9.70. The van der Waals surface area contributed by atoms with E-state index in [0.29, 0.717) is 37.7 Å². The van der Waals surface area contributed by atoms with Crippen molar-refractivity contribution in [2.45, 2.75) is 26.3 Å². The minimum absolute atomic E-state index is 0.0886. The average Bonchev–Trinajstić information content (AvgIpc) is 3.37. The van der Waals surface area contributed by atoms with Crippen LogP contribution in [0, 0.1) is 12.7 Å². The molecule has 2 aromatic heterocycles. The third-order valence-electron chi connectivity index (χ3n) is 5.15. The molecule has 1 aromatic carbocycles. The summed E-state index contributed by atoms with van der Waals surface area (Å²) in [5.41, 5.74) is 1.85. The highest BCUT2D eigenvalue weighted by Gasteiger charge is 2.22. The van der Waals surface area contributed by atoms with Gasteiger partial charge in [-0.1, -0.05) is 12.1 Å². The molecule has 8 heteroatoms. The number of carbonyl (C=O) groups is 1. The predicted molar refractivity (Wildman–Crippen MR) is 103 cm³/mol. The van der Waals surface area contributed by atoms with Crippen molar-refractivity contribution in [2.24, 2.45) is 0 Å². The van der Waals surface area contributed by atoms with E-state index >= 15 is 0 Å². The van der Waals surface area contributed by atoms with E-state index in [1.54, 1.807) is 24.5 Å². The Kier molecular flexibility index (Phi) is 5.71. The maximum absolute atomic E-state index is 13.0. The van der Waals surface area contributed by atoms with Gasteiger partial charge in [-0.25, -0.2) is 4.39 Å². The third-order valence-corrected chi connectivity index (χ3v) is 5.15. The van der Waals surface area contributed by atoms with Crippen molar-refractivity contribution in [1.29, 1.82) is 0 Å². The average molecular weight is 398 g/mol. The zero-order chi connectivity index (χ0) is 20.2. The molecule has 3 heterocycles. The highest BCUT2D eigenvalue weighted by Crippen LogP contribution is 2.23. The van der Waals surface area contributed by atoms with E-state index in [9.17, 15) is 9.18 Å². The van der Waals surface area contributed by atoms with Crippen LogP contribution in [0.15, 0.2) is 45.4 Å². The summed E-state index contributed by atoms with van der Waals surface area (Å²) in [5, 5.41) is 8.06. The Morgan fingerprint density at radius 1 is 1.10 bits per heavy atom. The van der Waals surface area contributed by atoms with Gasteiger partial charge in [-0.05, 0) is 30.7 Å². The number of hydrogen-bond donors (Lipinski definition) is 0. The molecule has 0 radical (unpaired) electrons. The monoisotopic (exact) mass is 398 g/mol. The fourth-order valence-corrected chi connectivity index (χ4v) is 3.45. The van der Waals surface area contributed by atoms with Crippen molar-refractivity contribution in [2.75, 3.05) is 26.2 Å². The Labute approximate surface area is 168 Å².